The van der Waals surface area contributed by atoms with Crippen LogP contribution in [0.15, 0.2) is 36.4 Å². The number of hydrogen-bond donors (Lipinski definition) is 2. The van der Waals surface area contributed by atoms with Gasteiger partial charge in [0, 0.05) is 23.5 Å². The number of rotatable bonds is 5. The summed E-state index contributed by atoms with van der Waals surface area (Å²) < 4.78 is 10.6. The Bertz CT molecular complexity index is 857. The maximum Gasteiger partial charge on any atom is 0.258 e. The molecule has 0 aliphatic carbocycles. The van der Waals surface area contributed by atoms with Crippen LogP contribution in [0.2, 0.25) is 0 Å². The average molecular weight is 392 g/mol. The first-order valence-corrected chi connectivity index (χ1v) is 8.29. The third-order valence-corrected chi connectivity index (χ3v) is 4.31. The number of carbonyl (C=O) groups is 2. The zero-order chi connectivity index (χ0) is 18.7. The van der Waals surface area contributed by atoms with E-state index in [1.165, 1.54) is 7.11 Å². The fourth-order valence-electron chi connectivity index (χ4n) is 3.09. The first kappa shape index (κ1) is 20.4. The van der Waals surface area contributed by atoms with Crippen LogP contribution < -0.4 is 25.8 Å². The molecule has 0 spiro atoms. The van der Waals surface area contributed by atoms with Crippen LogP contribution in [0.3, 0.4) is 0 Å². The lowest BCUT2D eigenvalue weighted by Crippen LogP contribution is -2.35. The lowest BCUT2D eigenvalue weighted by Gasteiger charge is -2.30. The van der Waals surface area contributed by atoms with E-state index in [2.05, 4.69) is 0 Å². The van der Waals surface area contributed by atoms with Crippen LogP contribution in [0.4, 0.5) is 11.4 Å². The van der Waals surface area contributed by atoms with Gasteiger partial charge in [0.2, 0.25) is 0 Å². The van der Waals surface area contributed by atoms with Crippen molar-refractivity contribution < 1.29 is 19.1 Å². The number of benzene rings is 2. The minimum Gasteiger partial charge on any atom is -0.493 e. The van der Waals surface area contributed by atoms with Crippen molar-refractivity contribution in [3.63, 3.8) is 0 Å². The second-order valence-electron chi connectivity index (χ2n) is 6.03. The predicted octanol–water partition coefficient (Wildman–Crippen LogP) is 2.16. The number of methoxy groups -OCH3 is 1. The monoisotopic (exact) mass is 391 g/mol. The quantitative estimate of drug-likeness (QED) is 0.759. The summed E-state index contributed by atoms with van der Waals surface area (Å²) in [6, 6.07) is 10.4. The summed E-state index contributed by atoms with van der Waals surface area (Å²) in [6.45, 7) is 0.361. The number of hydrogen-bond acceptors (Lipinski definition) is 5. The molecular formula is C19H22ClN3O4. The number of anilines is 2. The second kappa shape index (κ2) is 8.64. The standard InChI is InChI=1S/C19H21N3O4.ClH/c1-25-17-10-12(7-8-16(17)26-11-18(21)23)19(24)22-9-3-4-13-14(20)5-2-6-15(13)22;/h2,5-8,10H,3-4,9,11,20H2,1H3,(H2,21,23);1H. The van der Waals surface area contributed by atoms with Crippen molar-refractivity contribution in [3.05, 3.63) is 47.5 Å². The molecule has 4 N–H and O–H groups in total. The summed E-state index contributed by atoms with van der Waals surface area (Å²) in [5.41, 5.74) is 14.1. The van der Waals surface area contributed by atoms with E-state index < -0.39 is 5.91 Å². The number of halogens is 1. The molecule has 0 aromatic heterocycles. The molecule has 0 bridgehead atoms. The highest BCUT2D eigenvalue weighted by Gasteiger charge is 2.25. The first-order chi connectivity index (χ1) is 12.5. The molecule has 144 valence electrons. The predicted molar refractivity (Wildman–Crippen MR) is 106 cm³/mol. The number of carbonyl (C=O) groups excluding carboxylic acids is 2. The number of amides is 2. The summed E-state index contributed by atoms with van der Waals surface area (Å²) in [4.78, 5) is 25.6. The van der Waals surface area contributed by atoms with Crippen LogP contribution in [0.1, 0.15) is 22.3 Å². The molecule has 1 aliphatic heterocycles. The van der Waals surface area contributed by atoms with Crippen molar-refractivity contribution in [2.45, 2.75) is 12.8 Å². The van der Waals surface area contributed by atoms with Crippen LogP contribution >= 0.6 is 12.4 Å². The molecule has 7 nitrogen and oxygen atoms in total. The molecule has 1 heterocycles. The summed E-state index contributed by atoms with van der Waals surface area (Å²) in [7, 11) is 1.47. The summed E-state index contributed by atoms with van der Waals surface area (Å²) in [6.07, 6.45) is 1.71. The largest absolute Gasteiger partial charge is 0.493 e. The maximum absolute atomic E-state index is 13.0. The molecule has 1 aliphatic rings. The lowest BCUT2D eigenvalue weighted by atomic mass is 9.99. The summed E-state index contributed by atoms with van der Waals surface area (Å²) >= 11 is 0. The van der Waals surface area contributed by atoms with Crippen molar-refractivity contribution in [1.82, 2.24) is 0 Å². The van der Waals surface area contributed by atoms with E-state index in [1.54, 1.807) is 23.1 Å². The SMILES string of the molecule is COc1cc(C(=O)N2CCCc3c(N)cccc32)ccc1OCC(N)=O.Cl. The first-order valence-electron chi connectivity index (χ1n) is 8.29. The molecule has 2 aromatic carbocycles. The number of ether oxygens (including phenoxy) is 2. The number of primary amides is 1. The van der Waals surface area contributed by atoms with Gasteiger partial charge in [0.1, 0.15) is 0 Å². The van der Waals surface area contributed by atoms with Crippen LogP contribution in [-0.4, -0.2) is 32.1 Å². The Hall–Kier alpha value is -2.93. The van der Waals surface area contributed by atoms with Crippen molar-refractivity contribution in [2.75, 3.05) is 30.9 Å². The molecule has 27 heavy (non-hydrogen) atoms. The van der Waals surface area contributed by atoms with Gasteiger partial charge in [0.15, 0.2) is 18.1 Å². The van der Waals surface area contributed by atoms with Crippen LogP contribution in [0.5, 0.6) is 11.5 Å². The highest BCUT2D eigenvalue weighted by Crippen LogP contribution is 2.34. The third kappa shape index (κ3) is 4.25. The second-order valence-corrected chi connectivity index (χ2v) is 6.03. The summed E-state index contributed by atoms with van der Waals surface area (Å²) in [5, 5.41) is 0. The van der Waals surface area contributed by atoms with E-state index >= 15 is 0 Å². The van der Waals surface area contributed by atoms with Crippen molar-refractivity contribution in [1.29, 1.82) is 0 Å². The van der Waals surface area contributed by atoms with Gasteiger partial charge < -0.3 is 25.8 Å². The number of nitrogens with zero attached hydrogens (tertiary/aromatic N) is 1. The van der Waals surface area contributed by atoms with E-state index in [-0.39, 0.29) is 24.9 Å². The molecule has 0 radical (unpaired) electrons. The Morgan fingerprint density at radius 2 is 1.96 bits per heavy atom. The van der Waals surface area contributed by atoms with E-state index in [0.29, 0.717) is 29.3 Å². The molecule has 8 heteroatoms. The zero-order valence-corrected chi connectivity index (χ0v) is 15.8. The molecule has 0 saturated heterocycles. The average Bonchev–Trinajstić information content (AvgIpc) is 2.65. The van der Waals surface area contributed by atoms with Crippen molar-refractivity contribution in [2.24, 2.45) is 5.73 Å². The molecule has 2 aromatic rings. The molecule has 0 atom stereocenters. The van der Waals surface area contributed by atoms with E-state index in [9.17, 15) is 9.59 Å². The van der Waals surface area contributed by atoms with E-state index in [4.69, 9.17) is 20.9 Å². The van der Waals surface area contributed by atoms with Gasteiger partial charge in [-0.05, 0) is 48.7 Å². The highest BCUT2D eigenvalue weighted by atomic mass is 35.5. The number of nitrogen functional groups attached to an aromatic ring is 1. The smallest absolute Gasteiger partial charge is 0.258 e. The molecule has 0 fully saturated rings. The Kier molecular flexibility index (Phi) is 6.52. The lowest BCUT2D eigenvalue weighted by molar-refractivity contribution is -0.119. The van der Waals surface area contributed by atoms with Crippen LogP contribution in [0, 0.1) is 0 Å². The van der Waals surface area contributed by atoms with Crippen LogP contribution in [0.25, 0.3) is 0 Å². The fourth-order valence-corrected chi connectivity index (χ4v) is 3.09. The van der Waals surface area contributed by atoms with Gasteiger partial charge in [0.25, 0.3) is 11.8 Å². The van der Waals surface area contributed by atoms with Crippen LogP contribution in [-0.2, 0) is 11.2 Å². The normalized spacial score (nSPS) is 12.6. The summed E-state index contributed by atoms with van der Waals surface area (Å²) in [5.74, 6) is -0.0148. The van der Waals surface area contributed by atoms with E-state index in [0.717, 1.165) is 24.1 Å². The maximum atomic E-state index is 13.0. The van der Waals surface area contributed by atoms with Gasteiger partial charge in [-0.25, -0.2) is 0 Å². The minimum absolute atomic E-state index is 0. The fraction of sp³-hybridized carbons (Fsp3) is 0.263. The molecule has 0 saturated carbocycles. The Balaban J connectivity index is 0.00000261. The van der Waals surface area contributed by atoms with Gasteiger partial charge >= 0.3 is 0 Å². The third-order valence-electron chi connectivity index (χ3n) is 4.31. The van der Waals surface area contributed by atoms with Crippen molar-refractivity contribution >= 4 is 35.6 Å². The minimum atomic E-state index is -0.588. The topological polar surface area (TPSA) is 108 Å². The Morgan fingerprint density at radius 3 is 2.67 bits per heavy atom. The van der Waals surface area contributed by atoms with Gasteiger partial charge in [-0.15, -0.1) is 12.4 Å². The van der Waals surface area contributed by atoms with Crippen molar-refractivity contribution in [3.8, 4) is 11.5 Å². The van der Waals surface area contributed by atoms with Gasteiger partial charge in [-0.2, -0.15) is 0 Å². The molecule has 2 amide bonds. The zero-order valence-electron chi connectivity index (χ0n) is 14.9. The van der Waals surface area contributed by atoms with Gasteiger partial charge in [-0.3, -0.25) is 9.59 Å². The van der Waals surface area contributed by atoms with Gasteiger partial charge in [0.05, 0.1) is 7.11 Å². The van der Waals surface area contributed by atoms with E-state index in [1.807, 2.05) is 18.2 Å². The highest BCUT2D eigenvalue weighted by molar-refractivity contribution is 6.07. The molecule has 3 rings (SSSR count). The Labute approximate surface area is 163 Å². The number of fused-ring (bicyclic) bond motifs is 1. The molecule has 0 unspecified atom stereocenters. The molecular weight excluding hydrogens is 370 g/mol. The Morgan fingerprint density at radius 1 is 1.19 bits per heavy atom. The number of nitrogens with two attached hydrogens (primary N) is 2. The van der Waals surface area contributed by atoms with Gasteiger partial charge in [-0.1, -0.05) is 6.07 Å².